The molecule has 190 valence electrons. The van der Waals surface area contributed by atoms with Crippen molar-refractivity contribution in [3.8, 4) is 5.69 Å². The van der Waals surface area contributed by atoms with Gasteiger partial charge in [0.25, 0.3) is 0 Å². The number of hydrogen-bond acceptors (Lipinski definition) is 4. The fourth-order valence-corrected chi connectivity index (χ4v) is 4.64. The molecule has 0 bridgehead atoms. The number of nitrogens with one attached hydrogen (secondary N) is 2. The van der Waals surface area contributed by atoms with Gasteiger partial charge >= 0.3 is 0 Å². The van der Waals surface area contributed by atoms with Crippen LogP contribution in [0.4, 0.5) is 11.5 Å². The van der Waals surface area contributed by atoms with Crippen LogP contribution in [0.2, 0.25) is 0 Å². The van der Waals surface area contributed by atoms with Gasteiger partial charge in [0.15, 0.2) is 5.82 Å². The molecule has 2 N–H and O–H groups in total. The van der Waals surface area contributed by atoms with Gasteiger partial charge in [0.2, 0.25) is 11.8 Å². The lowest BCUT2D eigenvalue weighted by molar-refractivity contribution is -0.125. The number of hydrogen-bond donors (Lipinski definition) is 2. The maximum Gasteiger partial charge on any atom is 0.227 e. The number of aryl methyl sites for hydroxylation is 3. The summed E-state index contributed by atoms with van der Waals surface area (Å²) in [5.41, 5.74) is 6.01. The molecule has 4 rings (SSSR count). The number of carbonyl (C=O) groups excluding carboxylic acids is 2. The molecule has 7 heteroatoms. The van der Waals surface area contributed by atoms with E-state index >= 15 is 0 Å². The Balaban J connectivity index is 1.50. The molecule has 2 heterocycles. The van der Waals surface area contributed by atoms with Crippen LogP contribution in [0.5, 0.6) is 0 Å². The lowest BCUT2D eigenvalue weighted by atomic mass is 9.95. The normalized spacial score (nSPS) is 14.2. The quantitative estimate of drug-likeness (QED) is 0.496. The van der Waals surface area contributed by atoms with Crippen LogP contribution in [0.15, 0.2) is 48.5 Å². The highest BCUT2D eigenvalue weighted by molar-refractivity contribution is 5.96. The Hall–Kier alpha value is -3.61. The molecule has 2 aromatic carbocycles. The maximum atomic E-state index is 13.0. The molecule has 0 atom stereocenters. The van der Waals surface area contributed by atoms with E-state index in [1.807, 2.05) is 55.8 Å². The van der Waals surface area contributed by atoms with Crippen LogP contribution in [0.25, 0.3) is 5.69 Å². The average molecular weight is 488 g/mol. The van der Waals surface area contributed by atoms with Gasteiger partial charge in [-0.3, -0.25) is 9.59 Å². The molecule has 36 heavy (non-hydrogen) atoms. The van der Waals surface area contributed by atoms with Gasteiger partial charge < -0.3 is 15.5 Å². The van der Waals surface area contributed by atoms with Crippen molar-refractivity contribution in [2.24, 2.45) is 11.8 Å². The number of amides is 2. The number of benzene rings is 2. The number of rotatable bonds is 7. The summed E-state index contributed by atoms with van der Waals surface area (Å²) in [7, 11) is 0. The third-order valence-electron chi connectivity index (χ3n) is 6.93. The van der Waals surface area contributed by atoms with Gasteiger partial charge in [0.1, 0.15) is 5.69 Å². The fraction of sp³-hybridized carbons (Fsp3) is 0.414. The summed E-state index contributed by atoms with van der Waals surface area (Å²) in [4.78, 5) is 27.8. The molecule has 2 amide bonds. The molecule has 3 aromatic rings. The Morgan fingerprint density at radius 1 is 1.03 bits per heavy atom. The Bertz CT molecular complexity index is 1220. The van der Waals surface area contributed by atoms with Crippen molar-refractivity contribution >= 4 is 23.3 Å². The number of para-hydroxylation sites is 1. The van der Waals surface area contributed by atoms with E-state index in [2.05, 4.69) is 47.6 Å². The number of aromatic nitrogens is 2. The molecule has 0 radical (unpaired) electrons. The zero-order valence-electron chi connectivity index (χ0n) is 22.0. The first kappa shape index (κ1) is 25.5. The van der Waals surface area contributed by atoms with E-state index in [0.717, 1.165) is 41.3 Å². The van der Waals surface area contributed by atoms with Gasteiger partial charge in [-0.15, -0.1) is 0 Å². The Kier molecular flexibility index (Phi) is 7.77. The maximum absolute atomic E-state index is 13.0. The van der Waals surface area contributed by atoms with Crippen molar-refractivity contribution in [1.29, 1.82) is 0 Å². The number of nitrogens with zero attached hydrogens (tertiary/aromatic N) is 3. The van der Waals surface area contributed by atoms with E-state index in [9.17, 15) is 9.59 Å². The number of carbonyl (C=O) groups is 2. The molecule has 0 spiro atoms. The van der Waals surface area contributed by atoms with E-state index in [1.165, 1.54) is 11.1 Å². The largest absolute Gasteiger partial charge is 0.355 e. The highest BCUT2D eigenvalue weighted by Gasteiger charge is 2.30. The smallest absolute Gasteiger partial charge is 0.227 e. The zero-order valence-corrected chi connectivity index (χ0v) is 22.0. The number of piperidine rings is 1. The average Bonchev–Trinajstić information content (AvgIpc) is 3.20. The first-order valence-electron chi connectivity index (χ1n) is 12.8. The summed E-state index contributed by atoms with van der Waals surface area (Å²) in [5, 5.41) is 11.0. The first-order valence-corrected chi connectivity index (χ1v) is 12.8. The van der Waals surface area contributed by atoms with E-state index in [-0.39, 0.29) is 23.7 Å². The van der Waals surface area contributed by atoms with Crippen LogP contribution >= 0.6 is 0 Å². The van der Waals surface area contributed by atoms with E-state index in [4.69, 9.17) is 5.10 Å². The predicted octanol–water partition coefficient (Wildman–Crippen LogP) is 4.92. The molecule has 1 aromatic heterocycles. The van der Waals surface area contributed by atoms with Crippen molar-refractivity contribution in [3.05, 3.63) is 70.9 Å². The van der Waals surface area contributed by atoms with Crippen molar-refractivity contribution < 1.29 is 9.59 Å². The van der Waals surface area contributed by atoms with E-state index in [1.54, 1.807) is 0 Å². The van der Waals surface area contributed by atoms with Crippen molar-refractivity contribution in [2.75, 3.05) is 23.3 Å². The highest BCUT2D eigenvalue weighted by atomic mass is 16.2. The Morgan fingerprint density at radius 2 is 1.72 bits per heavy atom. The van der Waals surface area contributed by atoms with Gasteiger partial charge in [-0.25, -0.2) is 4.68 Å². The van der Waals surface area contributed by atoms with Crippen LogP contribution in [-0.2, 0) is 16.1 Å². The molecule has 0 aliphatic carbocycles. The Morgan fingerprint density at radius 3 is 2.39 bits per heavy atom. The third kappa shape index (κ3) is 5.61. The van der Waals surface area contributed by atoms with Crippen LogP contribution in [0.1, 0.15) is 49.1 Å². The van der Waals surface area contributed by atoms with Gasteiger partial charge in [0.05, 0.1) is 11.4 Å². The summed E-state index contributed by atoms with van der Waals surface area (Å²) < 4.78 is 1.91. The van der Waals surface area contributed by atoms with Gasteiger partial charge in [-0.2, -0.15) is 5.10 Å². The summed E-state index contributed by atoms with van der Waals surface area (Å²) in [5.74, 6) is 0.782. The molecule has 1 saturated heterocycles. The van der Waals surface area contributed by atoms with Crippen LogP contribution in [0.3, 0.4) is 0 Å². The second-order valence-corrected chi connectivity index (χ2v) is 10.1. The minimum Gasteiger partial charge on any atom is -0.355 e. The molecule has 1 fully saturated rings. The first-order chi connectivity index (χ1) is 17.2. The molecule has 0 saturated carbocycles. The molecule has 7 nitrogen and oxygen atoms in total. The number of anilines is 2. The van der Waals surface area contributed by atoms with Crippen molar-refractivity contribution in [1.82, 2.24) is 15.1 Å². The van der Waals surface area contributed by atoms with Crippen LogP contribution < -0.4 is 15.5 Å². The summed E-state index contributed by atoms with van der Waals surface area (Å²) >= 11 is 0. The molecule has 1 aliphatic rings. The highest BCUT2D eigenvalue weighted by Crippen LogP contribution is 2.35. The van der Waals surface area contributed by atoms with Crippen LogP contribution in [-0.4, -0.2) is 34.7 Å². The lowest BCUT2D eigenvalue weighted by Crippen LogP contribution is -2.41. The second kappa shape index (κ2) is 11.0. The standard InChI is InChI=1S/C29H37N5O2/c1-19(2)27(35)31-26-22(5)32-34(25-9-7-6-8-10-25)29(26)33-15-13-23(14-16-33)28(36)30-18-24-17-20(3)11-12-21(24)4/h6-12,17,19,23H,13-16,18H2,1-5H3,(H,30,36)(H,31,35). The fourth-order valence-electron chi connectivity index (χ4n) is 4.64. The monoisotopic (exact) mass is 487 g/mol. The minimum absolute atomic E-state index is 0.0331. The van der Waals surface area contributed by atoms with Crippen molar-refractivity contribution in [3.63, 3.8) is 0 Å². The van der Waals surface area contributed by atoms with Gasteiger partial charge in [-0.05, 0) is 56.9 Å². The topological polar surface area (TPSA) is 79.3 Å². The minimum atomic E-state index is -0.135. The van der Waals surface area contributed by atoms with E-state index < -0.39 is 0 Å². The summed E-state index contributed by atoms with van der Waals surface area (Å²) in [6.45, 7) is 11.8. The zero-order chi connectivity index (χ0) is 25.8. The predicted molar refractivity (Wildman–Crippen MR) is 144 cm³/mol. The lowest BCUT2D eigenvalue weighted by Gasteiger charge is -2.33. The van der Waals surface area contributed by atoms with Gasteiger partial charge in [0, 0.05) is 31.5 Å². The second-order valence-electron chi connectivity index (χ2n) is 10.1. The molecular formula is C29H37N5O2. The molecule has 0 unspecified atom stereocenters. The Labute approximate surface area is 213 Å². The molecule has 1 aliphatic heterocycles. The molecular weight excluding hydrogens is 450 g/mol. The summed E-state index contributed by atoms with van der Waals surface area (Å²) in [6.07, 6.45) is 1.49. The van der Waals surface area contributed by atoms with Crippen molar-refractivity contribution in [2.45, 2.75) is 54.0 Å². The van der Waals surface area contributed by atoms with Gasteiger partial charge in [-0.1, -0.05) is 55.8 Å². The third-order valence-corrected chi connectivity index (χ3v) is 6.93. The summed E-state index contributed by atoms with van der Waals surface area (Å²) in [6, 6.07) is 16.3. The van der Waals surface area contributed by atoms with Crippen LogP contribution in [0, 0.1) is 32.6 Å². The SMILES string of the molecule is Cc1ccc(C)c(CNC(=O)C2CCN(c3c(NC(=O)C(C)C)c(C)nn3-c3ccccc3)CC2)c1. The van der Waals surface area contributed by atoms with E-state index in [0.29, 0.717) is 19.6 Å².